The van der Waals surface area contributed by atoms with Crippen LogP contribution < -0.4 is 5.32 Å². The van der Waals surface area contributed by atoms with E-state index in [1.165, 1.54) is 4.68 Å². The first-order valence-electron chi connectivity index (χ1n) is 6.34. The van der Waals surface area contributed by atoms with Crippen molar-refractivity contribution < 1.29 is 14.7 Å². The van der Waals surface area contributed by atoms with Gasteiger partial charge in [0.15, 0.2) is 5.82 Å². The van der Waals surface area contributed by atoms with E-state index < -0.39 is 18.4 Å². The molecule has 110 valence electrons. The van der Waals surface area contributed by atoms with Crippen LogP contribution in [0.1, 0.15) is 17.0 Å². The Labute approximate surface area is 120 Å². The molecule has 0 fully saturated rings. The largest absolute Gasteiger partial charge is 0.480 e. The number of nitrogens with one attached hydrogen (secondary N) is 1. The van der Waals surface area contributed by atoms with Crippen LogP contribution in [-0.2, 0) is 22.6 Å². The van der Waals surface area contributed by atoms with Gasteiger partial charge in [0.05, 0.1) is 13.0 Å². The molecule has 0 saturated carbocycles. The summed E-state index contributed by atoms with van der Waals surface area (Å²) in [7, 11) is 0. The minimum Gasteiger partial charge on any atom is -0.480 e. The number of amides is 1. The lowest BCUT2D eigenvalue weighted by atomic mass is 10.1. The van der Waals surface area contributed by atoms with E-state index in [-0.39, 0.29) is 6.42 Å². The van der Waals surface area contributed by atoms with E-state index >= 15 is 0 Å². The van der Waals surface area contributed by atoms with Crippen molar-refractivity contribution in [2.24, 2.45) is 0 Å². The summed E-state index contributed by atoms with van der Waals surface area (Å²) in [6.45, 7) is 2.03. The molecule has 1 aromatic carbocycles. The molecule has 21 heavy (non-hydrogen) atoms. The topological polar surface area (TPSA) is 110 Å². The number of tetrazole rings is 1. The first kappa shape index (κ1) is 14.6. The Kier molecular flexibility index (Phi) is 4.60. The van der Waals surface area contributed by atoms with E-state index in [4.69, 9.17) is 5.11 Å². The summed E-state index contributed by atoms with van der Waals surface area (Å²) in [5.41, 5.74) is 2.16. The second kappa shape index (κ2) is 6.60. The zero-order chi connectivity index (χ0) is 15.2. The number of benzene rings is 1. The molecule has 0 saturated heterocycles. The number of rotatable bonds is 6. The highest BCUT2D eigenvalue weighted by Crippen LogP contribution is 2.09. The Hall–Kier alpha value is -2.77. The minimum absolute atomic E-state index is 0.0633. The van der Waals surface area contributed by atoms with Gasteiger partial charge in [-0.05, 0) is 28.5 Å². The van der Waals surface area contributed by atoms with Gasteiger partial charge >= 0.3 is 5.97 Å². The van der Waals surface area contributed by atoms with E-state index in [1.54, 1.807) is 0 Å². The molecule has 2 aromatic rings. The maximum Gasteiger partial charge on any atom is 0.322 e. The molecule has 0 aliphatic heterocycles. The van der Waals surface area contributed by atoms with E-state index in [9.17, 15) is 9.59 Å². The highest BCUT2D eigenvalue weighted by Gasteiger charge is 2.13. The number of carboxylic acids is 1. The van der Waals surface area contributed by atoms with Gasteiger partial charge in [0.1, 0.15) is 6.54 Å². The highest BCUT2D eigenvalue weighted by molar-refractivity contribution is 5.82. The summed E-state index contributed by atoms with van der Waals surface area (Å²) >= 11 is 0. The van der Waals surface area contributed by atoms with Gasteiger partial charge in [0.2, 0.25) is 5.91 Å². The fraction of sp³-hybridized carbons (Fsp3) is 0.308. The van der Waals surface area contributed by atoms with Crippen molar-refractivity contribution in [1.82, 2.24) is 25.5 Å². The number of aromatic nitrogens is 4. The first-order valence-corrected chi connectivity index (χ1v) is 6.34. The number of hydrogen-bond donors (Lipinski definition) is 2. The SMILES string of the molecule is Cc1ccccc1Cn1nnnc1CC(=O)NCC(=O)O. The van der Waals surface area contributed by atoms with Crippen molar-refractivity contribution in [3.63, 3.8) is 0 Å². The molecule has 0 unspecified atom stereocenters. The number of carbonyl (C=O) groups is 2. The fourth-order valence-electron chi connectivity index (χ4n) is 1.80. The second-order valence-electron chi connectivity index (χ2n) is 4.53. The molecule has 0 radical (unpaired) electrons. The van der Waals surface area contributed by atoms with Crippen LogP contribution >= 0.6 is 0 Å². The molecule has 1 heterocycles. The molecule has 0 aliphatic carbocycles. The lowest BCUT2D eigenvalue weighted by molar-refractivity contribution is -0.137. The summed E-state index contributed by atoms with van der Waals surface area (Å²) < 4.78 is 1.53. The van der Waals surface area contributed by atoms with Crippen LogP contribution in [0.5, 0.6) is 0 Å². The monoisotopic (exact) mass is 289 g/mol. The maximum atomic E-state index is 11.6. The minimum atomic E-state index is -1.09. The van der Waals surface area contributed by atoms with Crippen molar-refractivity contribution in [2.45, 2.75) is 19.9 Å². The third-order valence-electron chi connectivity index (χ3n) is 2.94. The Bertz CT molecular complexity index is 653. The quantitative estimate of drug-likeness (QED) is 0.760. The van der Waals surface area contributed by atoms with Crippen LogP contribution in [0.4, 0.5) is 0 Å². The third-order valence-corrected chi connectivity index (χ3v) is 2.94. The van der Waals surface area contributed by atoms with Crippen molar-refractivity contribution in [3.05, 3.63) is 41.2 Å². The number of hydrogen-bond acceptors (Lipinski definition) is 5. The van der Waals surface area contributed by atoms with E-state index in [2.05, 4.69) is 20.8 Å². The number of carbonyl (C=O) groups excluding carboxylic acids is 1. The predicted molar refractivity (Wildman–Crippen MR) is 72.4 cm³/mol. The summed E-state index contributed by atoms with van der Waals surface area (Å²) in [4.78, 5) is 22.0. The van der Waals surface area contributed by atoms with Crippen LogP contribution in [0.25, 0.3) is 0 Å². The van der Waals surface area contributed by atoms with Crippen LogP contribution in [-0.4, -0.2) is 43.7 Å². The molecule has 2 N–H and O–H groups in total. The summed E-state index contributed by atoms with van der Waals surface area (Å²) in [6.07, 6.45) is -0.0633. The molecule has 0 bridgehead atoms. The number of carboxylic acid groups (broad SMARTS) is 1. The van der Waals surface area contributed by atoms with Gasteiger partial charge in [-0.15, -0.1) is 5.10 Å². The summed E-state index contributed by atoms with van der Waals surface area (Å²) in [5.74, 6) is -1.14. The average molecular weight is 289 g/mol. The van der Waals surface area contributed by atoms with Gasteiger partial charge in [-0.25, -0.2) is 4.68 Å². The fourth-order valence-corrected chi connectivity index (χ4v) is 1.80. The Morgan fingerprint density at radius 3 is 2.81 bits per heavy atom. The van der Waals surface area contributed by atoms with Gasteiger partial charge in [-0.2, -0.15) is 0 Å². The zero-order valence-corrected chi connectivity index (χ0v) is 11.5. The smallest absolute Gasteiger partial charge is 0.322 e. The van der Waals surface area contributed by atoms with E-state index in [0.29, 0.717) is 12.4 Å². The van der Waals surface area contributed by atoms with Gasteiger partial charge in [0.25, 0.3) is 0 Å². The molecule has 2 rings (SSSR count). The third kappa shape index (κ3) is 4.10. The van der Waals surface area contributed by atoms with Crippen molar-refractivity contribution >= 4 is 11.9 Å². The average Bonchev–Trinajstić information content (AvgIpc) is 2.86. The van der Waals surface area contributed by atoms with Crippen LogP contribution in [0.3, 0.4) is 0 Å². The maximum absolute atomic E-state index is 11.6. The van der Waals surface area contributed by atoms with Crippen molar-refractivity contribution in [1.29, 1.82) is 0 Å². The highest BCUT2D eigenvalue weighted by atomic mass is 16.4. The van der Waals surface area contributed by atoms with Crippen LogP contribution in [0, 0.1) is 6.92 Å². The van der Waals surface area contributed by atoms with E-state index in [0.717, 1.165) is 11.1 Å². The first-order chi connectivity index (χ1) is 10.1. The Balaban J connectivity index is 2.03. The molecular formula is C13H15N5O3. The normalized spacial score (nSPS) is 10.3. The molecule has 1 amide bonds. The lowest BCUT2D eigenvalue weighted by Gasteiger charge is -2.07. The van der Waals surface area contributed by atoms with Gasteiger partial charge in [-0.3, -0.25) is 9.59 Å². The van der Waals surface area contributed by atoms with Gasteiger partial charge < -0.3 is 10.4 Å². The number of aliphatic carboxylic acids is 1. The van der Waals surface area contributed by atoms with Gasteiger partial charge in [-0.1, -0.05) is 24.3 Å². The molecule has 0 spiro atoms. The summed E-state index contributed by atoms with van der Waals surface area (Å²) in [5, 5.41) is 22.0. The van der Waals surface area contributed by atoms with E-state index in [1.807, 2.05) is 31.2 Å². The van der Waals surface area contributed by atoms with Crippen molar-refractivity contribution in [3.8, 4) is 0 Å². The molecule has 0 atom stereocenters. The molecule has 8 heteroatoms. The second-order valence-corrected chi connectivity index (χ2v) is 4.53. The molecular weight excluding hydrogens is 274 g/mol. The Morgan fingerprint density at radius 2 is 2.10 bits per heavy atom. The van der Waals surface area contributed by atoms with Crippen molar-refractivity contribution in [2.75, 3.05) is 6.54 Å². The Morgan fingerprint density at radius 1 is 1.33 bits per heavy atom. The molecule has 8 nitrogen and oxygen atoms in total. The number of nitrogens with zero attached hydrogens (tertiary/aromatic N) is 4. The molecule has 1 aromatic heterocycles. The van der Waals surface area contributed by atoms with Crippen LogP contribution in [0.15, 0.2) is 24.3 Å². The lowest BCUT2D eigenvalue weighted by Crippen LogP contribution is -2.31. The van der Waals surface area contributed by atoms with Gasteiger partial charge in [0, 0.05) is 0 Å². The number of aryl methyl sites for hydroxylation is 1. The standard InChI is InChI=1S/C13H15N5O3/c1-9-4-2-3-5-10(9)8-18-11(15-16-17-18)6-12(19)14-7-13(20)21/h2-5H,6-8H2,1H3,(H,14,19)(H,20,21). The molecule has 0 aliphatic rings. The predicted octanol–water partition coefficient (Wildman–Crippen LogP) is -0.227. The van der Waals surface area contributed by atoms with Crippen LogP contribution in [0.2, 0.25) is 0 Å². The summed E-state index contributed by atoms with van der Waals surface area (Å²) in [6, 6.07) is 7.81. The zero-order valence-electron chi connectivity index (χ0n) is 11.5.